The molecule has 0 amide bonds. The summed E-state index contributed by atoms with van der Waals surface area (Å²) in [5.41, 5.74) is 2.03. The summed E-state index contributed by atoms with van der Waals surface area (Å²) in [4.78, 5) is 11.0. The van der Waals surface area contributed by atoms with Gasteiger partial charge in [0, 0.05) is 5.56 Å². The maximum Gasteiger partial charge on any atom is 0.159 e. The number of rotatable bonds is 2. The summed E-state index contributed by atoms with van der Waals surface area (Å²) in [5, 5.41) is 0. The van der Waals surface area contributed by atoms with Crippen molar-refractivity contribution in [2.75, 3.05) is 0 Å². The summed E-state index contributed by atoms with van der Waals surface area (Å²) in [6.45, 7) is 9.85. The smallest absolute Gasteiger partial charge is 0.159 e. The van der Waals surface area contributed by atoms with Gasteiger partial charge in [-0.3, -0.25) is 4.79 Å². The van der Waals surface area contributed by atoms with Crippen LogP contribution in [-0.4, -0.2) is 5.78 Å². The fraction of sp³-hybridized carbons (Fsp3) is 0.462. The summed E-state index contributed by atoms with van der Waals surface area (Å²) in [6.07, 6.45) is 0. The molecule has 0 aliphatic heterocycles. The molecule has 0 radical (unpaired) electrons. The van der Waals surface area contributed by atoms with Crippen LogP contribution in [-0.2, 0) is 0 Å². The molecule has 1 aromatic carbocycles. The summed E-state index contributed by atoms with van der Waals surface area (Å²) in [7, 11) is 0. The number of hydrogen-bond donors (Lipinski definition) is 0. The first kappa shape index (κ1) is 12.9. The van der Waals surface area contributed by atoms with Gasteiger partial charge in [-0.15, -0.1) is 0 Å². The van der Waals surface area contributed by atoms with E-state index in [1.54, 1.807) is 6.92 Å². The number of ketones is 1. The van der Waals surface area contributed by atoms with Crippen LogP contribution in [0.25, 0.3) is 0 Å². The molecule has 0 aliphatic carbocycles. The van der Waals surface area contributed by atoms with Crippen LogP contribution in [0.2, 0.25) is 0 Å². The van der Waals surface area contributed by atoms with Gasteiger partial charge in [-0.1, -0.05) is 45.9 Å². The van der Waals surface area contributed by atoms with Gasteiger partial charge in [0.2, 0.25) is 0 Å². The van der Waals surface area contributed by atoms with E-state index in [1.165, 1.54) is 5.56 Å². The molecule has 1 nitrogen and oxygen atoms in total. The number of Topliss-reactive ketones (excluding diaryl/α,β-unsaturated/α-hetero) is 1. The first-order valence-electron chi connectivity index (χ1n) is 5.22. The quantitative estimate of drug-likeness (QED) is 0.646. The topological polar surface area (TPSA) is 17.1 Å². The highest BCUT2D eigenvalue weighted by Gasteiger charge is 2.02. The lowest BCUT2D eigenvalue weighted by Crippen LogP contribution is -1.94. The van der Waals surface area contributed by atoms with Gasteiger partial charge in [-0.05, 0) is 24.5 Å². The number of benzene rings is 1. The molecule has 0 aromatic heterocycles. The van der Waals surface area contributed by atoms with Crippen LogP contribution in [0.5, 0.6) is 0 Å². The Morgan fingerprint density at radius 2 is 1.79 bits per heavy atom. The predicted molar refractivity (Wildman–Crippen MR) is 61.9 cm³/mol. The van der Waals surface area contributed by atoms with E-state index >= 15 is 0 Å². The fourth-order valence-corrected chi connectivity index (χ4v) is 1.12. The van der Waals surface area contributed by atoms with Crippen LogP contribution in [0.4, 0.5) is 0 Å². The summed E-state index contributed by atoms with van der Waals surface area (Å²) >= 11 is 0. The van der Waals surface area contributed by atoms with Gasteiger partial charge >= 0.3 is 0 Å². The monoisotopic (exact) mass is 192 g/mol. The van der Waals surface area contributed by atoms with Gasteiger partial charge in [0.1, 0.15) is 0 Å². The molecule has 0 spiro atoms. The summed E-state index contributed by atoms with van der Waals surface area (Å²) < 4.78 is 0. The number of carbonyl (C=O) groups is 1. The number of hydrogen-bond acceptors (Lipinski definition) is 1. The molecule has 1 aromatic rings. The number of carbonyl (C=O) groups excluding carboxylic acids is 1. The van der Waals surface area contributed by atoms with Crippen molar-refractivity contribution >= 4 is 5.78 Å². The van der Waals surface area contributed by atoms with Crippen molar-refractivity contribution in [1.29, 1.82) is 0 Å². The standard InChI is InChI=1S/C11H14O.C2H6/c1-8(2)10-5-4-6-11(7-10)9(3)12;1-2/h4-8H,1-3H3;1-2H3. The van der Waals surface area contributed by atoms with E-state index < -0.39 is 0 Å². The van der Waals surface area contributed by atoms with Gasteiger partial charge in [-0.2, -0.15) is 0 Å². The van der Waals surface area contributed by atoms with Crippen LogP contribution >= 0.6 is 0 Å². The maximum absolute atomic E-state index is 11.0. The second-order valence-corrected chi connectivity index (χ2v) is 3.34. The molecule has 0 aliphatic rings. The third-order valence-electron chi connectivity index (χ3n) is 1.96. The third kappa shape index (κ3) is 3.73. The zero-order valence-corrected chi connectivity index (χ0v) is 9.79. The van der Waals surface area contributed by atoms with Crippen molar-refractivity contribution in [3.63, 3.8) is 0 Å². The molecular formula is C13H20O. The Labute approximate surface area is 87.2 Å². The molecule has 0 saturated heterocycles. The van der Waals surface area contributed by atoms with Crippen molar-refractivity contribution < 1.29 is 4.79 Å². The molecule has 78 valence electrons. The molecule has 0 atom stereocenters. The Kier molecular flexibility index (Phi) is 5.86. The van der Waals surface area contributed by atoms with E-state index in [9.17, 15) is 4.79 Å². The minimum atomic E-state index is 0.137. The highest BCUT2D eigenvalue weighted by molar-refractivity contribution is 5.94. The molecule has 0 saturated carbocycles. The van der Waals surface area contributed by atoms with Gasteiger partial charge in [0.25, 0.3) is 0 Å². The van der Waals surface area contributed by atoms with E-state index in [1.807, 2.05) is 32.0 Å². The Balaban J connectivity index is 0.000000791. The molecule has 1 heteroatoms. The zero-order valence-electron chi connectivity index (χ0n) is 9.79. The SMILES string of the molecule is CC.CC(=O)c1cccc(C(C)C)c1. The summed E-state index contributed by atoms with van der Waals surface area (Å²) in [5.74, 6) is 0.627. The molecule has 0 N–H and O–H groups in total. The average Bonchev–Trinajstić information content (AvgIpc) is 2.21. The molecule has 0 unspecified atom stereocenters. The van der Waals surface area contributed by atoms with E-state index in [4.69, 9.17) is 0 Å². The largest absolute Gasteiger partial charge is 0.295 e. The normalized spacial score (nSPS) is 9.29. The van der Waals surface area contributed by atoms with Crippen LogP contribution in [0.3, 0.4) is 0 Å². The third-order valence-corrected chi connectivity index (χ3v) is 1.96. The van der Waals surface area contributed by atoms with E-state index in [-0.39, 0.29) is 5.78 Å². The van der Waals surface area contributed by atoms with Gasteiger partial charge in [0.15, 0.2) is 5.78 Å². The lowest BCUT2D eigenvalue weighted by molar-refractivity contribution is 0.101. The van der Waals surface area contributed by atoms with Crippen LogP contribution in [0, 0.1) is 0 Å². The Bertz CT molecular complexity index is 287. The van der Waals surface area contributed by atoms with Crippen molar-refractivity contribution in [2.24, 2.45) is 0 Å². The second-order valence-electron chi connectivity index (χ2n) is 3.34. The van der Waals surface area contributed by atoms with Crippen LogP contribution in [0.1, 0.15) is 56.5 Å². The first-order chi connectivity index (χ1) is 6.61. The highest BCUT2D eigenvalue weighted by atomic mass is 16.1. The minimum Gasteiger partial charge on any atom is -0.295 e. The molecule has 14 heavy (non-hydrogen) atoms. The van der Waals surface area contributed by atoms with Crippen molar-refractivity contribution in [1.82, 2.24) is 0 Å². The lowest BCUT2D eigenvalue weighted by atomic mass is 10.00. The zero-order chi connectivity index (χ0) is 11.1. The van der Waals surface area contributed by atoms with Crippen LogP contribution < -0.4 is 0 Å². The van der Waals surface area contributed by atoms with Gasteiger partial charge in [0.05, 0.1) is 0 Å². The Morgan fingerprint density at radius 3 is 2.21 bits per heavy atom. The van der Waals surface area contributed by atoms with E-state index in [2.05, 4.69) is 19.9 Å². The molecular weight excluding hydrogens is 172 g/mol. The van der Waals surface area contributed by atoms with Crippen molar-refractivity contribution in [2.45, 2.75) is 40.5 Å². The summed E-state index contributed by atoms with van der Waals surface area (Å²) in [6, 6.07) is 7.81. The maximum atomic E-state index is 11.0. The second kappa shape index (κ2) is 6.36. The van der Waals surface area contributed by atoms with E-state index in [0.29, 0.717) is 5.92 Å². The average molecular weight is 192 g/mol. The Hall–Kier alpha value is -1.11. The molecule has 0 heterocycles. The molecule has 0 bridgehead atoms. The lowest BCUT2D eigenvalue weighted by Gasteiger charge is -2.05. The van der Waals surface area contributed by atoms with Crippen molar-refractivity contribution in [3.8, 4) is 0 Å². The molecule has 0 fully saturated rings. The fourth-order valence-electron chi connectivity index (χ4n) is 1.12. The molecule has 1 rings (SSSR count). The van der Waals surface area contributed by atoms with E-state index in [0.717, 1.165) is 5.56 Å². The highest BCUT2D eigenvalue weighted by Crippen LogP contribution is 2.15. The van der Waals surface area contributed by atoms with Crippen LogP contribution in [0.15, 0.2) is 24.3 Å². The van der Waals surface area contributed by atoms with Gasteiger partial charge < -0.3 is 0 Å². The predicted octanol–water partition coefficient (Wildman–Crippen LogP) is 4.04. The Morgan fingerprint density at radius 1 is 1.21 bits per heavy atom. The van der Waals surface area contributed by atoms with Crippen molar-refractivity contribution in [3.05, 3.63) is 35.4 Å². The first-order valence-corrected chi connectivity index (χ1v) is 5.22. The van der Waals surface area contributed by atoms with Gasteiger partial charge in [-0.25, -0.2) is 0 Å². The minimum absolute atomic E-state index is 0.137.